The Morgan fingerprint density at radius 3 is 0.860 bits per heavy atom. The predicted octanol–water partition coefficient (Wildman–Crippen LogP) is 5.87. The van der Waals surface area contributed by atoms with Crippen molar-refractivity contribution >= 4 is 18.9 Å². The van der Waals surface area contributed by atoms with Crippen LogP contribution in [0.2, 0.25) is 0 Å². The molecule has 0 atom stereocenters. The number of rotatable bonds is 6. The molecule has 0 spiro atoms. The number of hydrogen-bond donors (Lipinski definition) is 0. The molecule has 10 heteroatoms. The number of aromatic nitrogens is 6. The van der Waals surface area contributed by atoms with E-state index in [1.807, 2.05) is 54.6 Å². The van der Waals surface area contributed by atoms with E-state index < -0.39 is 0 Å². The first-order valence-electron chi connectivity index (χ1n) is 12.7. The average Bonchev–Trinajstić information content (AvgIpc) is 3.10. The van der Waals surface area contributed by atoms with Crippen LogP contribution in [-0.2, 0) is 19.5 Å². The molecule has 0 N–H and O–H groups in total. The van der Waals surface area contributed by atoms with Gasteiger partial charge in [0.05, 0.1) is 34.2 Å². The summed E-state index contributed by atoms with van der Waals surface area (Å²) in [5.41, 5.74) is 5.72. The Kier molecular flexibility index (Phi) is 12.9. The molecule has 6 aromatic heterocycles. The van der Waals surface area contributed by atoms with Gasteiger partial charge >= 0.3 is 0 Å². The zero-order valence-electron chi connectivity index (χ0n) is 22.6. The van der Waals surface area contributed by atoms with Crippen molar-refractivity contribution in [1.82, 2.24) is 29.9 Å². The number of hydrogen-bond acceptors (Lipinski definition) is 9. The van der Waals surface area contributed by atoms with Crippen molar-refractivity contribution in [2.45, 2.75) is 0 Å². The minimum atomic E-state index is 0. The molecule has 0 saturated carbocycles. The Morgan fingerprint density at radius 2 is 0.628 bits per heavy atom. The van der Waals surface area contributed by atoms with E-state index in [2.05, 4.69) is 29.9 Å². The van der Waals surface area contributed by atoms with Gasteiger partial charge in [0.15, 0.2) is 18.9 Å². The summed E-state index contributed by atoms with van der Waals surface area (Å²) in [6, 6.07) is 26.9. The van der Waals surface area contributed by atoms with Crippen LogP contribution in [-0.4, -0.2) is 48.8 Å². The molecule has 43 heavy (non-hydrogen) atoms. The van der Waals surface area contributed by atoms with Crippen LogP contribution in [0.15, 0.2) is 128 Å². The van der Waals surface area contributed by atoms with Crippen molar-refractivity contribution in [2.75, 3.05) is 0 Å². The number of carbonyl (C=O) groups excluding carboxylic acids is 3. The van der Waals surface area contributed by atoms with Crippen LogP contribution in [0.25, 0.3) is 34.2 Å². The molecule has 0 aliphatic rings. The maximum Gasteiger partial charge on any atom is 0.152 e. The molecule has 0 aliphatic heterocycles. The Labute approximate surface area is 261 Å². The molecule has 0 aliphatic carbocycles. The van der Waals surface area contributed by atoms with E-state index in [1.54, 1.807) is 73.6 Å². The first-order valence-corrected chi connectivity index (χ1v) is 12.7. The summed E-state index contributed by atoms with van der Waals surface area (Å²) in [6.07, 6.45) is 12.4. The minimum absolute atomic E-state index is 0. The van der Waals surface area contributed by atoms with Crippen molar-refractivity contribution in [1.29, 1.82) is 0 Å². The molecule has 0 unspecified atom stereocenters. The van der Waals surface area contributed by atoms with Crippen LogP contribution in [0.5, 0.6) is 0 Å². The maximum absolute atomic E-state index is 10.7. The number of pyridine rings is 6. The standard InChI is InChI=1S/3C11H8N2O.Ru/c3*14-8-9-4-3-7-13-11(9)10-5-1-2-6-12-10;/h3*1-8H;. The zero-order valence-corrected chi connectivity index (χ0v) is 24.4. The quantitative estimate of drug-likeness (QED) is 0.160. The van der Waals surface area contributed by atoms with Gasteiger partial charge in [0.25, 0.3) is 0 Å². The fourth-order valence-electron chi connectivity index (χ4n) is 3.69. The van der Waals surface area contributed by atoms with Gasteiger partial charge in [-0.2, -0.15) is 0 Å². The van der Waals surface area contributed by atoms with Gasteiger partial charge in [0.1, 0.15) is 0 Å². The molecule has 0 bridgehead atoms. The molecular formula is C33H24N6O3Ru. The SMILES string of the molecule is O=Cc1cccnc1-c1ccccn1.O=Cc1cccnc1-c1ccccn1.O=Cc1cccnc1-c1ccccn1.[Ru]. The molecule has 6 aromatic rings. The van der Waals surface area contributed by atoms with Crippen molar-refractivity contribution in [3.63, 3.8) is 0 Å². The molecule has 0 radical (unpaired) electrons. The molecule has 0 amide bonds. The first-order chi connectivity index (χ1) is 20.7. The van der Waals surface area contributed by atoms with Crippen molar-refractivity contribution in [3.05, 3.63) is 145 Å². The molecule has 6 rings (SSSR count). The van der Waals surface area contributed by atoms with E-state index in [0.29, 0.717) is 33.8 Å². The average molecular weight is 654 g/mol. The second-order valence-corrected chi connectivity index (χ2v) is 8.32. The first kappa shape index (κ1) is 32.1. The largest absolute Gasteiger partial charge is 0.298 e. The molecule has 6 heterocycles. The van der Waals surface area contributed by atoms with Crippen LogP contribution < -0.4 is 0 Å². The predicted molar refractivity (Wildman–Crippen MR) is 159 cm³/mol. The summed E-state index contributed by atoms with van der Waals surface area (Å²) in [7, 11) is 0. The second-order valence-electron chi connectivity index (χ2n) is 8.32. The Hall–Kier alpha value is -5.47. The van der Waals surface area contributed by atoms with Crippen LogP contribution in [0.1, 0.15) is 31.1 Å². The van der Waals surface area contributed by atoms with E-state index in [1.165, 1.54) is 0 Å². The molecule has 0 saturated heterocycles. The summed E-state index contributed by atoms with van der Waals surface area (Å²) < 4.78 is 0. The van der Waals surface area contributed by atoms with Gasteiger partial charge in [0.2, 0.25) is 0 Å². The third-order valence-corrected chi connectivity index (χ3v) is 5.62. The minimum Gasteiger partial charge on any atom is -0.298 e. The van der Waals surface area contributed by atoms with E-state index in [4.69, 9.17) is 0 Å². The van der Waals surface area contributed by atoms with Crippen molar-refractivity contribution < 1.29 is 33.9 Å². The van der Waals surface area contributed by atoms with Gasteiger partial charge in [0, 0.05) is 73.3 Å². The van der Waals surface area contributed by atoms with Crippen LogP contribution >= 0.6 is 0 Å². The summed E-state index contributed by atoms with van der Waals surface area (Å²) >= 11 is 0. The summed E-state index contributed by atoms with van der Waals surface area (Å²) in [6.45, 7) is 0. The number of carbonyl (C=O) groups is 3. The monoisotopic (exact) mass is 654 g/mol. The Bertz CT molecular complexity index is 1530. The Balaban J connectivity index is 0.000000175. The van der Waals surface area contributed by atoms with Crippen LogP contribution in [0.3, 0.4) is 0 Å². The normalized spacial score (nSPS) is 9.49. The molecule has 212 valence electrons. The molecule has 0 fully saturated rings. The van der Waals surface area contributed by atoms with Gasteiger partial charge in [-0.15, -0.1) is 0 Å². The molecule has 9 nitrogen and oxygen atoms in total. The second kappa shape index (κ2) is 17.4. The van der Waals surface area contributed by atoms with E-state index in [9.17, 15) is 14.4 Å². The van der Waals surface area contributed by atoms with Crippen LogP contribution in [0.4, 0.5) is 0 Å². The van der Waals surface area contributed by atoms with E-state index in [0.717, 1.165) is 35.9 Å². The summed E-state index contributed by atoms with van der Waals surface area (Å²) in [5.74, 6) is 0. The fraction of sp³-hybridized carbons (Fsp3) is 0. The zero-order chi connectivity index (χ0) is 29.4. The van der Waals surface area contributed by atoms with Gasteiger partial charge in [-0.05, 0) is 72.8 Å². The topological polar surface area (TPSA) is 129 Å². The van der Waals surface area contributed by atoms with Gasteiger partial charge in [-0.3, -0.25) is 44.3 Å². The van der Waals surface area contributed by atoms with Gasteiger partial charge in [-0.1, -0.05) is 18.2 Å². The number of nitrogens with zero attached hydrogens (tertiary/aromatic N) is 6. The number of aldehydes is 3. The van der Waals surface area contributed by atoms with Crippen molar-refractivity contribution in [3.8, 4) is 34.2 Å². The third-order valence-electron chi connectivity index (χ3n) is 5.62. The smallest absolute Gasteiger partial charge is 0.152 e. The maximum atomic E-state index is 10.7. The third kappa shape index (κ3) is 9.01. The van der Waals surface area contributed by atoms with Crippen molar-refractivity contribution in [2.24, 2.45) is 0 Å². The molecule has 0 aromatic carbocycles. The van der Waals surface area contributed by atoms with Crippen LogP contribution in [0, 0.1) is 0 Å². The molecular weight excluding hydrogens is 629 g/mol. The fourth-order valence-corrected chi connectivity index (χ4v) is 3.69. The Morgan fingerprint density at radius 1 is 0.349 bits per heavy atom. The van der Waals surface area contributed by atoms with E-state index in [-0.39, 0.29) is 19.5 Å². The summed E-state index contributed by atoms with van der Waals surface area (Å²) in [4.78, 5) is 57.0. The summed E-state index contributed by atoms with van der Waals surface area (Å²) in [5, 5.41) is 0. The van der Waals surface area contributed by atoms with Gasteiger partial charge < -0.3 is 0 Å². The van der Waals surface area contributed by atoms with E-state index >= 15 is 0 Å². The van der Waals surface area contributed by atoms with Gasteiger partial charge in [-0.25, -0.2) is 0 Å².